The molecule has 2 aliphatic rings. The maximum atomic E-state index is 8.77. The minimum Gasteiger partial charge on any atom is -0.480 e. The molecule has 0 amide bonds. The number of hydrogen-bond donors (Lipinski definition) is 1. The third-order valence-electron chi connectivity index (χ3n) is 3.94. The van der Waals surface area contributed by atoms with Crippen molar-refractivity contribution in [1.29, 1.82) is 5.26 Å². The molecule has 1 spiro atoms. The van der Waals surface area contributed by atoms with Gasteiger partial charge in [-0.3, -0.25) is 4.98 Å². The van der Waals surface area contributed by atoms with Crippen LogP contribution in [0.3, 0.4) is 0 Å². The molecule has 4 nitrogen and oxygen atoms in total. The average Bonchev–Trinajstić information content (AvgIpc) is 2.72. The van der Waals surface area contributed by atoms with Crippen molar-refractivity contribution in [3.63, 3.8) is 0 Å². The first-order valence-electron chi connectivity index (χ1n) is 6.81. The predicted molar refractivity (Wildman–Crippen MR) is 77.1 cm³/mol. The lowest BCUT2D eigenvalue weighted by Gasteiger charge is -2.33. The smallest absolute Gasteiger partial charge is 0.154 e. The fourth-order valence-electron chi connectivity index (χ4n) is 2.89. The molecule has 0 unspecified atom stereocenters. The van der Waals surface area contributed by atoms with Gasteiger partial charge >= 0.3 is 0 Å². The van der Waals surface area contributed by atoms with E-state index in [9.17, 15) is 0 Å². The molecule has 0 bridgehead atoms. The SMILES string of the molecule is Cc1nc2c(cc1Cl)/C(=C\CC#N)OC21CCNCC1. The van der Waals surface area contributed by atoms with E-state index in [0.29, 0.717) is 11.4 Å². The molecule has 2 aliphatic heterocycles. The number of aromatic nitrogens is 1. The van der Waals surface area contributed by atoms with Crippen LogP contribution in [-0.4, -0.2) is 18.1 Å². The van der Waals surface area contributed by atoms with E-state index in [1.54, 1.807) is 0 Å². The highest BCUT2D eigenvalue weighted by Crippen LogP contribution is 2.48. The highest BCUT2D eigenvalue weighted by molar-refractivity contribution is 6.31. The van der Waals surface area contributed by atoms with Gasteiger partial charge in [0.05, 0.1) is 28.9 Å². The molecule has 0 aromatic carbocycles. The van der Waals surface area contributed by atoms with Gasteiger partial charge in [-0.15, -0.1) is 0 Å². The second-order valence-corrected chi connectivity index (χ2v) is 5.64. The van der Waals surface area contributed by atoms with Crippen LogP contribution in [0.25, 0.3) is 5.76 Å². The van der Waals surface area contributed by atoms with Crippen molar-refractivity contribution in [3.05, 3.63) is 34.1 Å². The van der Waals surface area contributed by atoms with E-state index in [1.165, 1.54) is 0 Å². The number of nitriles is 1. The number of aryl methyl sites for hydroxylation is 1. The van der Waals surface area contributed by atoms with E-state index in [-0.39, 0.29) is 5.60 Å². The summed E-state index contributed by atoms with van der Waals surface area (Å²) < 4.78 is 6.22. The van der Waals surface area contributed by atoms with Gasteiger partial charge in [0, 0.05) is 18.4 Å². The molecule has 1 N–H and O–H groups in total. The van der Waals surface area contributed by atoms with Gasteiger partial charge in [-0.25, -0.2) is 0 Å². The molecule has 1 fully saturated rings. The van der Waals surface area contributed by atoms with Crippen LogP contribution in [0.2, 0.25) is 5.02 Å². The summed E-state index contributed by atoms with van der Waals surface area (Å²) in [7, 11) is 0. The van der Waals surface area contributed by atoms with E-state index < -0.39 is 0 Å². The van der Waals surface area contributed by atoms with Crippen molar-refractivity contribution >= 4 is 17.4 Å². The normalized spacial score (nSPS) is 21.6. The minimum atomic E-state index is -0.350. The second kappa shape index (κ2) is 5.08. The highest BCUT2D eigenvalue weighted by atomic mass is 35.5. The third kappa shape index (κ3) is 2.07. The molecule has 1 aromatic heterocycles. The molecule has 0 aliphatic carbocycles. The monoisotopic (exact) mass is 289 g/mol. The molecule has 0 atom stereocenters. The van der Waals surface area contributed by atoms with E-state index in [1.807, 2.05) is 19.1 Å². The molecule has 104 valence electrons. The summed E-state index contributed by atoms with van der Waals surface area (Å²) in [5.74, 6) is 0.748. The Hall–Kier alpha value is -1.57. The number of allylic oxidation sites excluding steroid dienone is 1. The fourth-order valence-corrected chi connectivity index (χ4v) is 3.04. The second-order valence-electron chi connectivity index (χ2n) is 5.23. The van der Waals surface area contributed by atoms with Crippen LogP contribution in [0.15, 0.2) is 12.1 Å². The van der Waals surface area contributed by atoms with Gasteiger partial charge in [0.25, 0.3) is 0 Å². The Morgan fingerprint density at radius 1 is 1.55 bits per heavy atom. The van der Waals surface area contributed by atoms with Crippen molar-refractivity contribution in [2.75, 3.05) is 13.1 Å². The Labute approximate surface area is 123 Å². The number of rotatable bonds is 1. The van der Waals surface area contributed by atoms with Crippen molar-refractivity contribution in [1.82, 2.24) is 10.3 Å². The number of fused-ring (bicyclic) bond motifs is 2. The van der Waals surface area contributed by atoms with Crippen molar-refractivity contribution in [3.8, 4) is 6.07 Å². The van der Waals surface area contributed by atoms with E-state index in [2.05, 4.69) is 16.4 Å². The van der Waals surface area contributed by atoms with Crippen LogP contribution >= 0.6 is 11.6 Å². The number of nitrogens with zero attached hydrogens (tertiary/aromatic N) is 2. The van der Waals surface area contributed by atoms with Gasteiger partial charge in [0.2, 0.25) is 0 Å². The summed E-state index contributed by atoms with van der Waals surface area (Å²) in [6, 6.07) is 4.04. The largest absolute Gasteiger partial charge is 0.480 e. The van der Waals surface area contributed by atoms with Crippen molar-refractivity contribution in [2.24, 2.45) is 0 Å². The van der Waals surface area contributed by atoms with E-state index in [4.69, 9.17) is 21.6 Å². The van der Waals surface area contributed by atoms with Crippen LogP contribution in [0, 0.1) is 18.3 Å². The summed E-state index contributed by atoms with van der Waals surface area (Å²) in [5, 5.41) is 12.8. The Balaban J connectivity index is 2.12. The van der Waals surface area contributed by atoms with Gasteiger partial charge in [-0.2, -0.15) is 5.26 Å². The lowest BCUT2D eigenvalue weighted by molar-refractivity contribution is 0.0168. The molecule has 3 heterocycles. The molecule has 20 heavy (non-hydrogen) atoms. The van der Waals surface area contributed by atoms with Crippen molar-refractivity contribution in [2.45, 2.75) is 31.8 Å². The number of piperidine rings is 1. The molecular weight excluding hydrogens is 274 g/mol. The zero-order valence-electron chi connectivity index (χ0n) is 11.4. The van der Waals surface area contributed by atoms with Gasteiger partial charge in [0.1, 0.15) is 5.76 Å². The minimum absolute atomic E-state index is 0.328. The van der Waals surface area contributed by atoms with Crippen LogP contribution in [0.4, 0.5) is 0 Å². The topological polar surface area (TPSA) is 57.9 Å². The summed E-state index contributed by atoms with van der Waals surface area (Å²) in [4.78, 5) is 4.68. The number of hydrogen-bond acceptors (Lipinski definition) is 4. The molecule has 1 aromatic rings. The summed E-state index contributed by atoms with van der Waals surface area (Å²) in [6.07, 6.45) is 3.92. The van der Waals surface area contributed by atoms with Crippen LogP contribution < -0.4 is 5.32 Å². The van der Waals surface area contributed by atoms with Gasteiger partial charge < -0.3 is 10.1 Å². The molecular formula is C15H16ClN3O. The lowest BCUT2D eigenvalue weighted by Crippen LogP contribution is -2.40. The molecule has 5 heteroatoms. The Morgan fingerprint density at radius 2 is 2.30 bits per heavy atom. The summed E-state index contributed by atoms with van der Waals surface area (Å²) in [6.45, 7) is 3.73. The van der Waals surface area contributed by atoms with Crippen LogP contribution in [0.5, 0.6) is 0 Å². The molecule has 1 saturated heterocycles. The molecule has 3 rings (SSSR count). The maximum Gasteiger partial charge on any atom is 0.154 e. The predicted octanol–water partition coefficient (Wildman–Crippen LogP) is 2.91. The zero-order chi connectivity index (χ0) is 14.2. The highest BCUT2D eigenvalue weighted by Gasteiger charge is 2.45. The zero-order valence-corrected chi connectivity index (χ0v) is 12.1. The number of ether oxygens (including phenoxy) is 1. The first-order chi connectivity index (χ1) is 9.66. The standard InChI is InChI=1S/C15H16ClN3O/c1-10-12(16)9-11-13(3-2-6-17)20-15(14(11)19-10)4-7-18-8-5-15/h3,9,18H,2,4-5,7-8H2,1H3/b13-3+. The van der Waals surface area contributed by atoms with E-state index >= 15 is 0 Å². The van der Waals surface area contributed by atoms with Gasteiger partial charge in [-0.1, -0.05) is 11.6 Å². The summed E-state index contributed by atoms with van der Waals surface area (Å²) >= 11 is 6.20. The lowest BCUT2D eigenvalue weighted by atomic mass is 9.88. The molecule has 0 radical (unpaired) electrons. The number of pyridine rings is 1. The Morgan fingerprint density at radius 3 is 3.00 bits per heavy atom. The molecule has 0 saturated carbocycles. The number of halogens is 1. The first kappa shape index (κ1) is 13.4. The van der Waals surface area contributed by atoms with Gasteiger partial charge in [-0.05, 0) is 32.2 Å². The van der Waals surface area contributed by atoms with Crippen LogP contribution in [-0.2, 0) is 10.3 Å². The third-order valence-corrected chi connectivity index (χ3v) is 4.33. The quantitative estimate of drug-likeness (QED) is 0.863. The van der Waals surface area contributed by atoms with Crippen LogP contribution in [0.1, 0.15) is 36.2 Å². The Kier molecular flexibility index (Phi) is 3.41. The van der Waals surface area contributed by atoms with E-state index in [0.717, 1.165) is 48.6 Å². The summed E-state index contributed by atoms with van der Waals surface area (Å²) in [5.41, 5.74) is 2.40. The van der Waals surface area contributed by atoms with Gasteiger partial charge in [0.15, 0.2) is 5.60 Å². The average molecular weight is 290 g/mol. The first-order valence-corrected chi connectivity index (χ1v) is 7.19. The van der Waals surface area contributed by atoms with Crippen molar-refractivity contribution < 1.29 is 4.74 Å². The Bertz CT molecular complexity index is 612. The maximum absolute atomic E-state index is 8.77. The number of nitrogens with one attached hydrogen (secondary N) is 1. The fraction of sp³-hybridized carbons (Fsp3) is 0.467.